The summed E-state index contributed by atoms with van der Waals surface area (Å²) in [7, 11) is 0. The maximum atomic E-state index is 12.1. The monoisotopic (exact) mass is 308 g/mol. The fourth-order valence-electron chi connectivity index (χ4n) is 3.91. The minimum Gasteiger partial charge on any atom is -0.462 e. The Kier molecular flexibility index (Phi) is 3.79. The van der Waals surface area contributed by atoms with Gasteiger partial charge in [-0.05, 0) is 26.7 Å². The zero-order valence-electron chi connectivity index (χ0n) is 13.6. The minimum absolute atomic E-state index is 0.0868. The van der Waals surface area contributed by atoms with E-state index in [0.717, 1.165) is 12.8 Å². The lowest BCUT2D eigenvalue weighted by Crippen LogP contribution is -2.39. The van der Waals surface area contributed by atoms with Crippen LogP contribution in [-0.2, 0) is 23.8 Å². The maximum absolute atomic E-state index is 12.1. The van der Waals surface area contributed by atoms with Gasteiger partial charge in [0.2, 0.25) is 0 Å². The molecule has 0 amide bonds. The molecule has 0 unspecified atom stereocenters. The van der Waals surface area contributed by atoms with Crippen LogP contribution in [-0.4, -0.2) is 35.9 Å². The van der Waals surface area contributed by atoms with Crippen LogP contribution in [0.2, 0.25) is 0 Å². The minimum atomic E-state index is -0.341. The van der Waals surface area contributed by atoms with Crippen LogP contribution in [0.15, 0.2) is 11.6 Å². The highest BCUT2D eigenvalue weighted by Gasteiger charge is 2.63. The molecule has 22 heavy (non-hydrogen) atoms. The molecular weight excluding hydrogens is 284 g/mol. The number of hydrogen-bond acceptors (Lipinski definition) is 5. The Labute approximate surface area is 131 Å². The first kappa shape index (κ1) is 15.5. The van der Waals surface area contributed by atoms with Gasteiger partial charge in [-0.2, -0.15) is 0 Å². The van der Waals surface area contributed by atoms with Crippen molar-refractivity contribution in [3.05, 3.63) is 11.6 Å². The summed E-state index contributed by atoms with van der Waals surface area (Å²) in [6, 6.07) is 0. The molecule has 0 aromatic heterocycles. The molecule has 2 saturated heterocycles. The van der Waals surface area contributed by atoms with E-state index in [9.17, 15) is 9.59 Å². The molecule has 5 heteroatoms. The Balaban J connectivity index is 1.94. The van der Waals surface area contributed by atoms with Crippen LogP contribution in [0.5, 0.6) is 0 Å². The first-order chi connectivity index (χ1) is 10.3. The second-order valence-corrected chi connectivity index (χ2v) is 7.06. The first-order valence-electron chi connectivity index (χ1n) is 8.03. The fourth-order valence-corrected chi connectivity index (χ4v) is 3.91. The van der Waals surface area contributed by atoms with Crippen molar-refractivity contribution in [2.45, 2.75) is 70.9 Å². The largest absolute Gasteiger partial charge is 0.462 e. The molecule has 0 bridgehead atoms. The zero-order chi connectivity index (χ0) is 16.1. The SMILES string of the molecule is CC(=O)O[C@@H]1C/C(C)=C/CC[C@@]2(C)O[C@@H]2[C@H]2OC(=O)[C@H](C)[C@@H]21. The molecule has 2 heterocycles. The van der Waals surface area contributed by atoms with Gasteiger partial charge in [-0.3, -0.25) is 9.59 Å². The van der Waals surface area contributed by atoms with Crippen molar-refractivity contribution in [1.82, 2.24) is 0 Å². The van der Waals surface area contributed by atoms with E-state index in [1.165, 1.54) is 12.5 Å². The van der Waals surface area contributed by atoms with Gasteiger partial charge in [0.1, 0.15) is 18.3 Å². The summed E-state index contributed by atoms with van der Waals surface area (Å²) >= 11 is 0. The van der Waals surface area contributed by atoms with E-state index in [0.29, 0.717) is 6.42 Å². The summed E-state index contributed by atoms with van der Waals surface area (Å²) < 4.78 is 17.0. The van der Waals surface area contributed by atoms with Crippen molar-refractivity contribution in [2.75, 3.05) is 0 Å². The van der Waals surface area contributed by atoms with E-state index >= 15 is 0 Å². The van der Waals surface area contributed by atoms with Crippen molar-refractivity contribution < 1.29 is 23.8 Å². The number of rotatable bonds is 1. The second kappa shape index (κ2) is 5.37. The average molecular weight is 308 g/mol. The molecule has 0 N–H and O–H groups in total. The smallest absolute Gasteiger partial charge is 0.309 e. The van der Waals surface area contributed by atoms with Crippen LogP contribution < -0.4 is 0 Å². The highest BCUT2D eigenvalue weighted by molar-refractivity contribution is 5.75. The van der Waals surface area contributed by atoms with Crippen molar-refractivity contribution in [1.29, 1.82) is 0 Å². The molecule has 6 atom stereocenters. The third kappa shape index (κ3) is 2.67. The van der Waals surface area contributed by atoms with Gasteiger partial charge >= 0.3 is 11.9 Å². The summed E-state index contributed by atoms with van der Waals surface area (Å²) in [5, 5.41) is 0. The molecule has 122 valence electrons. The van der Waals surface area contributed by atoms with Crippen molar-refractivity contribution in [2.24, 2.45) is 11.8 Å². The molecule has 1 aliphatic carbocycles. The number of ether oxygens (including phenoxy) is 3. The molecule has 3 rings (SSSR count). The van der Waals surface area contributed by atoms with E-state index in [2.05, 4.69) is 13.0 Å². The summed E-state index contributed by atoms with van der Waals surface area (Å²) in [5.74, 6) is -0.967. The van der Waals surface area contributed by atoms with Gasteiger partial charge in [-0.1, -0.05) is 18.6 Å². The molecule has 0 spiro atoms. The lowest BCUT2D eigenvalue weighted by Gasteiger charge is -2.29. The fraction of sp³-hybridized carbons (Fsp3) is 0.765. The average Bonchev–Trinajstić information content (AvgIpc) is 2.98. The van der Waals surface area contributed by atoms with Gasteiger partial charge in [0.15, 0.2) is 0 Å². The highest BCUT2D eigenvalue weighted by Crippen LogP contribution is 2.50. The number of fused-ring (bicyclic) bond motifs is 3. The van der Waals surface area contributed by atoms with E-state index in [1.54, 1.807) is 0 Å². The van der Waals surface area contributed by atoms with Crippen molar-refractivity contribution in [3.63, 3.8) is 0 Å². The summed E-state index contributed by atoms with van der Waals surface area (Å²) in [4.78, 5) is 23.6. The van der Waals surface area contributed by atoms with Crippen molar-refractivity contribution >= 4 is 11.9 Å². The van der Waals surface area contributed by atoms with E-state index in [4.69, 9.17) is 14.2 Å². The zero-order valence-corrected chi connectivity index (χ0v) is 13.6. The van der Waals surface area contributed by atoms with Gasteiger partial charge in [0, 0.05) is 19.3 Å². The standard InChI is InChI=1S/C17H24O5/c1-9-6-5-7-17(4)15(22-17)14-13(10(2)16(19)21-14)12(8-9)20-11(3)18/h6,10,12-15H,5,7-8H2,1-4H3/b9-6+/t10-,12-,13-,14+,15-,17-/m1/s1. The number of allylic oxidation sites excluding steroid dienone is 1. The van der Waals surface area contributed by atoms with Gasteiger partial charge in [0.05, 0.1) is 11.5 Å². The molecular formula is C17H24O5. The third-order valence-electron chi connectivity index (χ3n) is 5.22. The van der Waals surface area contributed by atoms with Gasteiger partial charge in [-0.25, -0.2) is 0 Å². The quantitative estimate of drug-likeness (QED) is 0.423. The lowest BCUT2D eigenvalue weighted by atomic mass is 9.79. The Hall–Kier alpha value is -1.36. The van der Waals surface area contributed by atoms with Crippen LogP contribution in [0.3, 0.4) is 0 Å². The Bertz CT molecular complexity index is 525. The molecule has 5 nitrogen and oxygen atoms in total. The van der Waals surface area contributed by atoms with E-state index in [1.807, 2.05) is 13.8 Å². The predicted molar refractivity (Wildman–Crippen MR) is 79.0 cm³/mol. The van der Waals surface area contributed by atoms with Gasteiger partial charge in [0.25, 0.3) is 0 Å². The highest BCUT2D eigenvalue weighted by atomic mass is 16.6. The summed E-state index contributed by atoms with van der Waals surface area (Å²) in [6.07, 6.45) is 3.93. The Morgan fingerprint density at radius 3 is 2.86 bits per heavy atom. The molecule has 3 aliphatic rings. The molecule has 0 saturated carbocycles. The molecule has 2 fully saturated rings. The maximum Gasteiger partial charge on any atom is 0.309 e. The van der Waals surface area contributed by atoms with Crippen LogP contribution in [0.25, 0.3) is 0 Å². The summed E-state index contributed by atoms with van der Waals surface area (Å²) in [5.41, 5.74) is 0.946. The number of hydrogen-bond donors (Lipinski definition) is 0. The van der Waals surface area contributed by atoms with Crippen LogP contribution in [0, 0.1) is 11.8 Å². The number of epoxide rings is 1. The number of carbonyl (C=O) groups excluding carboxylic acids is 2. The number of esters is 2. The molecule has 0 aromatic carbocycles. The van der Waals surface area contributed by atoms with Gasteiger partial charge < -0.3 is 14.2 Å². The molecule has 0 radical (unpaired) electrons. The second-order valence-electron chi connectivity index (χ2n) is 7.06. The topological polar surface area (TPSA) is 65.1 Å². The Morgan fingerprint density at radius 1 is 1.45 bits per heavy atom. The third-order valence-corrected chi connectivity index (χ3v) is 5.22. The van der Waals surface area contributed by atoms with E-state index < -0.39 is 0 Å². The summed E-state index contributed by atoms with van der Waals surface area (Å²) in [6.45, 7) is 7.38. The van der Waals surface area contributed by atoms with Crippen LogP contribution >= 0.6 is 0 Å². The molecule has 2 aliphatic heterocycles. The number of carbonyl (C=O) groups is 2. The van der Waals surface area contributed by atoms with Gasteiger partial charge in [-0.15, -0.1) is 0 Å². The van der Waals surface area contributed by atoms with Crippen molar-refractivity contribution in [3.8, 4) is 0 Å². The van der Waals surface area contributed by atoms with E-state index in [-0.39, 0.29) is 47.7 Å². The first-order valence-corrected chi connectivity index (χ1v) is 8.03. The van der Waals surface area contributed by atoms with Crippen LogP contribution in [0.4, 0.5) is 0 Å². The predicted octanol–water partition coefficient (Wildman–Crippen LogP) is 2.38. The normalized spacial score (nSPS) is 46.6. The molecule has 0 aromatic rings. The Morgan fingerprint density at radius 2 is 2.18 bits per heavy atom. The lowest BCUT2D eigenvalue weighted by molar-refractivity contribution is -0.151. The van der Waals surface area contributed by atoms with Crippen LogP contribution in [0.1, 0.15) is 47.0 Å².